The van der Waals surface area contributed by atoms with E-state index in [1.807, 2.05) is 5.38 Å². The lowest BCUT2D eigenvalue weighted by molar-refractivity contribution is -0.149. The summed E-state index contributed by atoms with van der Waals surface area (Å²) in [6.07, 6.45) is 2.43. The van der Waals surface area contributed by atoms with Gasteiger partial charge in [-0.25, -0.2) is 9.78 Å². The quantitative estimate of drug-likeness (QED) is 0.522. The molecule has 1 amide bonds. The number of carbonyl (C=O) groups is 3. The number of aromatic nitrogens is 1. The van der Waals surface area contributed by atoms with Gasteiger partial charge in [0.05, 0.1) is 24.1 Å². The number of hydrogen-bond donors (Lipinski definition) is 2. The topological polar surface area (TPSA) is 124 Å². The van der Waals surface area contributed by atoms with Crippen molar-refractivity contribution in [1.82, 2.24) is 20.1 Å². The molecule has 2 saturated heterocycles. The van der Waals surface area contributed by atoms with Gasteiger partial charge < -0.3 is 20.1 Å². The number of nitrogens with one attached hydrogen (secondary N) is 1. The number of carboxylic acid groups (broad SMARTS) is 1. The number of carboxylic acids is 1. The van der Waals surface area contributed by atoms with Crippen LogP contribution in [-0.2, 0) is 19.1 Å². The minimum atomic E-state index is -0.986. The maximum atomic E-state index is 12.9. The number of fused-ring (bicyclic) bond motifs is 1. The molecule has 10 nitrogen and oxygen atoms in total. The van der Waals surface area contributed by atoms with Crippen molar-refractivity contribution in [2.24, 2.45) is 22.2 Å². The first-order valence-corrected chi connectivity index (χ1v) is 12.4. The monoisotopic (exact) mass is 489 g/mol. The van der Waals surface area contributed by atoms with Crippen LogP contribution in [0.25, 0.3) is 0 Å². The summed E-state index contributed by atoms with van der Waals surface area (Å²) < 4.78 is 5.25. The molecule has 4 rings (SSSR count). The van der Waals surface area contributed by atoms with Crippen LogP contribution in [0.3, 0.4) is 0 Å². The van der Waals surface area contributed by atoms with Gasteiger partial charge in [-0.1, -0.05) is 0 Å². The highest BCUT2D eigenvalue weighted by Gasteiger charge is 2.45. The van der Waals surface area contributed by atoms with Gasteiger partial charge in [-0.3, -0.25) is 19.5 Å². The molecule has 0 aromatic carbocycles. The normalized spacial score (nSPS) is 23.4. The van der Waals surface area contributed by atoms with Gasteiger partial charge in [0.2, 0.25) is 5.91 Å². The van der Waals surface area contributed by atoms with Crippen LogP contribution in [0, 0.1) is 17.3 Å². The number of aliphatic imine (C=N–C) groups is 1. The van der Waals surface area contributed by atoms with Gasteiger partial charge in [-0.05, 0) is 33.7 Å². The van der Waals surface area contributed by atoms with Gasteiger partial charge in [-0.2, -0.15) is 0 Å². The number of thiazole rings is 1. The molecule has 2 atom stereocenters. The lowest BCUT2D eigenvalue weighted by atomic mass is 9.88. The third kappa shape index (κ3) is 5.00. The van der Waals surface area contributed by atoms with Crippen LogP contribution in [0.15, 0.2) is 27.8 Å². The summed E-state index contributed by atoms with van der Waals surface area (Å²) in [6.45, 7) is 8.28. The zero-order valence-corrected chi connectivity index (χ0v) is 20.6. The van der Waals surface area contributed by atoms with Crippen molar-refractivity contribution in [3.8, 4) is 0 Å². The maximum Gasteiger partial charge on any atom is 0.337 e. The van der Waals surface area contributed by atoms with Gasteiger partial charge in [0, 0.05) is 55.3 Å². The number of likely N-dealkylation sites (tertiary alicyclic amines) is 2. The van der Waals surface area contributed by atoms with E-state index in [2.05, 4.69) is 20.2 Å². The van der Waals surface area contributed by atoms with Crippen LogP contribution in [0.4, 0.5) is 0 Å². The number of aliphatic carboxylic acids is 1. The molecule has 0 spiro atoms. The van der Waals surface area contributed by atoms with E-state index in [-0.39, 0.29) is 43.4 Å². The molecule has 2 fully saturated rings. The number of rotatable bonds is 8. The van der Waals surface area contributed by atoms with Crippen molar-refractivity contribution < 1.29 is 24.2 Å². The SMILES string of the molecule is CCOC(=O)C1=C(CN2CCC3C(=O)N(CC(C)(C)C(=O)O)CC3C2)NC(c2nccs2)=NC1. The predicted molar refractivity (Wildman–Crippen MR) is 126 cm³/mol. The number of hydrogen-bond acceptors (Lipinski definition) is 9. The second-order valence-electron chi connectivity index (χ2n) is 9.60. The third-order valence-corrected chi connectivity index (χ3v) is 7.41. The molecule has 4 heterocycles. The van der Waals surface area contributed by atoms with Crippen molar-refractivity contribution >= 4 is 35.0 Å². The van der Waals surface area contributed by atoms with E-state index in [9.17, 15) is 19.5 Å². The number of nitrogens with zero attached hydrogens (tertiary/aromatic N) is 4. The summed E-state index contributed by atoms with van der Waals surface area (Å²) in [6, 6.07) is 0. The van der Waals surface area contributed by atoms with Gasteiger partial charge in [0.15, 0.2) is 10.8 Å². The smallest absolute Gasteiger partial charge is 0.337 e. The Labute approximate surface area is 202 Å². The number of amidine groups is 1. The number of piperidine rings is 1. The molecule has 1 aromatic rings. The third-order valence-electron chi connectivity index (χ3n) is 6.63. The molecule has 1 aromatic heterocycles. The molecule has 0 aliphatic carbocycles. The molecule has 0 saturated carbocycles. The fraction of sp³-hybridized carbons (Fsp3) is 0.609. The Morgan fingerprint density at radius 3 is 2.82 bits per heavy atom. The first kappa shape index (κ1) is 24.3. The van der Waals surface area contributed by atoms with E-state index in [0.717, 1.165) is 10.7 Å². The fourth-order valence-electron chi connectivity index (χ4n) is 4.79. The Hall–Kier alpha value is -2.79. The van der Waals surface area contributed by atoms with Crippen molar-refractivity contribution in [3.05, 3.63) is 27.9 Å². The Balaban J connectivity index is 1.45. The highest BCUT2D eigenvalue weighted by Crippen LogP contribution is 2.34. The molecule has 184 valence electrons. The number of ether oxygens (including phenoxy) is 1. The minimum absolute atomic E-state index is 0.0550. The number of amides is 1. The van der Waals surface area contributed by atoms with E-state index in [4.69, 9.17) is 4.74 Å². The molecule has 3 aliphatic heterocycles. The van der Waals surface area contributed by atoms with Gasteiger partial charge in [0.25, 0.3) is 0 Å². The van der Waals surface area contributed by atoms with Crippen molar-refractivity contribution in [2.75, 3.05) is 45.9 Å². The van der Waals surface area contributed by atoms with Crippen LogP contribution in [0.2, 0.25) is 0 Å². The molecule has 0 bridgehead atoms. The Morgan fingerprint density at radius 1 is 1.35 bits per heavy atom. The summed E-state index contributed by atoms with van der Waals surface area (Å²) >= 11 is 1.48. The Bertz CT molecular complexity index is 1020. The first-order chi connectivity index (χ1) is 16.2. The fourth-order valence-corrected chi connectivity index (χ4v) is 5.39. The average Bonchev–Trinajstić information content (AvgIpc) is 3.42. The molecule has 2 N–H and O–H groups in total. The summed E-state index contributed by atoms with van der Waals surface area (Å²) in [7, 11) is 0. The van der Waals surface area contributed by atoms with E-state index in [1.54, 1.807) is 31.9 Å². The zero-order valence-electron chi connectivity index (χ0n) is 19.7. The van der Waals surface area contributed by atoms with Crippen LogP contribution < -0.4 is 5.32 Å². The summed E-state index contributed by atoms with van der Waals surface area (Å²) in [5, 5.41) is 15.4. The highest BCUT2D eigenvalue weighted by molar-refractivity contribution is 7.11. The van der Waals surface area contributed by atoms with Gasteiger partial charge in [0.1, 0.15) is 0 Å². The molecule has 3 aliphatic rings. The van der Waals surface area contributed by atoms with Crippen LogP contribution in [0.5, 0.6) is 0 Å². The lowest BCUT2D eigenvalue weighted by Crippen LogP contribution is -2.45. The second-order valence-corrected chi connectivity index (χ2v) is 10.5. The van der Waals surface area contributed by atoms with Crippen molar-refractivity contribution in [1.29, 1.82) is 0 Å². The minimum Gasteiger partial charge on any atom is -0.481 e. The Kier molecular flexibility index (Phi) is 7.04. The van der Waals surface area contributed by atoms with Crippen molar-refractivity contribution in [2.45, 2.75) is 27.2 Å². The zero-order chi connectivity index (χ0) is 24.5. The average molecular weight is 490 g/mol. The summed E-state index contributed by atoms with van der Waals surface area (Å²) in [5.74, 6) is -0.527. The number of esters is 1. The lowest BCUT2D eigenvalue weighted by Gasteiger charge is -2.35. The van der Waals surface area contributed by atoms with Gasteiger partial charge in [-0.15, -0.1) is 11.3 Å². The number of carbonyl (C=O) groups excluding carboxylic acids is 2. The predicted octanol–water partition coefficient (Wildman–Crippen LogP) is 1.20. The molecular formula is C23H31N5O5S. The maximum absolute atomic E-state index is 12.9. The van der Waals surface area contributed by atoms with Crippen LogP contribution in [0.1, 0.15) is 32.2 Å². The van der Waals surface area contributed by atoms with Crippen LogP contribution >= 0.6 is 11.3 Å². The largest absolute Gasteiger partial charge is 0.481 e. The molecule has 34 heavy (non-hydrogen) atoms. The standard InChI is InChI=1S/C23H31N5O5S/c1-4-33-21(30)16-9-25-18(19-24-6-8-34-19)26-17(16)12-27-7-5-15-14(10-27)11-28(20(15)29)13-23(2,3)22(31)32/h6,8,14-15H,4-5,7,9-13H2,1-3H3,(H,25,26)(H,31,32). The van der Waals surface area contributed by atoms with E-state index >= 15 is 0 Å². The molecule has 11 heteroatoms. The van der Waals surface area contributed by atoms with E-state index < -0.39 is 11.4 Å². The molecule has 0 radical (unpaired) electrons. The van der Waals surface area contributed by atoms with Crippen LogP contribution in [-0.4, -0.2) is 89.4 Å². The van der Waals surface area contributed by atoms with Gasteiger partial charge >= 0.3 is 11.9 Å². The summed E-state index contributed by atoms with van der Waals surface area (Å²) in [5.41, 5.74) is 0.279. The second kappa shape index (κ2) is 9.83. The highest BCUT2D eigenvalue weighted by atomic mass is 32.1. The van der Waals surface area contributed by atoms with E-state index in [1.165, 1.54) is 11.3 Å². The summed E-state index contributed by atoms with van der Waals surface area (Å²) in [4.78, 5) is 49.8. The molecule has 2 unspecified atom stereocenters. The Morgan fingerprint density at radius 2 is 2.15 bits per heavy atom. The first-order valence-electron chi connectivity index (χ1n) is 11.5. The van der Waals surface area contributed by atoms with E-state index in [0.29, 0.717) is 44.0 Å². The molecular weight excluding hydrogens is 458 g/mol. The van der Waals surface area contributed by atoms with Crippen molar-refractivity contribution in [3.63, 3.8) is 0 Å².